The number of amides is 1. The summed E-state index contributed by atoms with van der Waals surface area (Å²) >= 11 is 5.78. The molecule has 0 atom stereocenters. The third kappa shape index (κ3) is 3.85. The van der Waals surface area contributed by atoms with Gasteiger partial charge in [0, 0.05) is 19.3 Å². The standard InChI is InChI=1S/C18H18ClFN2O2/c19-16-10-14(11-21-17(16)23)18(24)22-7-5-13(6-8-22)9-12-1-3-15(20)4-2-12/h1-4,10-11,13H,5-9H2,(H,21,23). The largest absolute Gasteiger partial charge is 0.339 e. The van der Waals surface area contributed by atoms with Crippen LogP contribution in [0.25, 0.3) is 0 Å². The summed E-state index contributed by atoms with van der Waals surface area (Å²) in [6.07, 6.45) is 4.11. The molecule has 4 nitrogen and oxygen atoms in total. The van der Waals surface area contributed by atoms with E-state index in [-0.39, 0.29) is 16.7 Å². The fourth-order valence-corrected chi connectivity index (χ4v) is 3.23. The van der Waals surface area contributed by atoms with Crippen LogP contribution in [-0.2, 0) is 6.42 Å². The molecular formula is C18H18ClFN2O2. The lowest BCUT2D eigenvalue weighted by Gasteiger charge is -2.32. The van der Waals surface area contributed by atoms with Gasteiger partial charge in [0.05, 0.1) is 5.56 Å². The van der Waals surface area contributed by atoms with Crippen LogP contribution in [0.1, 0.15) is 28.8 Å². The average Bonchev–Trinajstić information content (AvgIpc) is 2.59. The summed E-state index contributed by atoms with van der Waals surface area (Å²) in [5, 5.41) is 0.0204. The summed E-state index contributed by atoms with van der Waals surface area (Å²) in [5.41, 5.74) is 1.12. The number of piperidine rings is 1. The minimum Gasteiger partial charge on any atom is -0.339 e. The van der Waals surface area contributed by atoms with E-state index in [1.54, 1.807) is 4.90 Å². The molecule has 1 aromatic carbocycles. The fourth-order valence-electron chi connectivity index (χ4n) is 3.06. The predicted octanol–water partition coefficient (Wildman–Crippen LogP) is 3.26. The second kappa shape index (κ2) is 7.18. The zero-order valence-electron chi connectivity index (χ0n) is 13.1. The van der Waals surface area contributed by atoms with Crippen LogP contribution in [0.5, 0.6) is 0 Å². The number of hydrogen-bond acceptors (Lipinski definition) is 2. The minimum atomic E-state index is -0.397. The van der Waals surface area contributed by atoms with E-state index in [0.717, 1.165) is 24.8 Å². The Kier molecular flexibility index (Phi) is 5.00. The number of aromatic amines is 1. The van der Waals surface area contributed by atoms with E-state index in [1.165, 1.54) is 24.4 Å². The molecule has 3 rings (SSSR count). The number of likely N-dealkylation sites (tertiary alicyclic amines) is 1. The van der Waals surface area contributed by atoms with Crippen LogP contribution in [-0.4, -0.2) is 28.9 Å². The molecule has 1 aliphatic rings. The highest BCUT2D eigenvalue weighted by atomic mass is 35.5. The normalized spacial score (nSPS) is 15.5. The number of carbonyl (C=O) groups is 1. The quantitative estimate of drug-likeness (QED) is 0.925. The number of hydrogen-bond donors (Lipinski definition) is 1. The monoisotopic (exact) mass is 348 g/mol. The Morgan fingerprint density at radius 1 is 1.25 bits per heavy atom. The molecule has 6 heteroatoms. The van der Waals surface area contributed by atoms with Crippen LogP contribution in [0, 0.1) is 11.7 Å². The number of rotatable bonds is 3. The molecule has 0 radical (unpaired) electrons. The lowest BCUT2D eigenvalue weighted by molar-refractivity contribution is 0.0690. The van der Waals surface area contributed by atoms with Gasteiger partial charge in [0.1, 0.15) is 10.8 Å². The Bertz CT molecular complexity index is 780. The molecule has 1 aliphatic heterocycles. The number of aromatic nitrogens is 1. The van der Waals surface area contributed by atoms with Crippen molar-refractivity contribution in [1.82, 2.24) is 9.88 Å². The van der Waals surface area contributed by atoms with Gasteiger partial charge < -0.3 is 9.88 Å². The lowest BCUT2D eigenvalue weighted by atomic mass is 9.90. The molecular weight excluding hydrogens is 331 g/mol. The first-order chi connectivity index (χ1) is 11.5. The highest BCUT2D eigenvalue weighted by Crippen LogP contribution is 2.23. The highest BCUT2D eigenvalue weighted by molar-refractivity contribution is 6.30. The molecule has 0 unspecified atom stereocenters. The van der Waals surface area contributed by atoms with Crippen molar-refractivity contribution in [3.63, 3.8) is 0 Å². The molecule has 0 saturated carbocycles. The van der Waals surface area contributed by atoms with Crippen LogP contribution in [0.15, 0.2) is 41.3 Å². The Hall–Kier alpha value is -2.14. The first kappa shape index (κ1) is 16.7. The van der Waals surface area contributed by atoms with E-state index >= 15 is 0 Å². The van der Waals surface area contributed by atoms with Gasteiger partial charge in [0.2, 0.25) is 0 Å². The van der Waals surface area contributed by atoms with Crippen molar-refractivity contribution in [3.8, 4) is 0 Å². The van der Waals surface area contributed by atoms with Crippen molar-refractivity contribution in [2.24, 2.45) is 5.92 Å². The van der Waals surface area contributed by atoms with E-state index < -0.39 is 5.56 Å². The van der Waals surface area contributed by atoms with Gasteiger partial charge in [-0.25, -0.2) is 4.39 Å². The van der Waals surface area contributed by atoms with Crippen molar-refractivity contribution in [2.75, 3.05) is 13.1 Å². The van der Waals surface area contributed by atoms with Crippen molar-refractivity contribution in [1.29, 1.82) is 0 Å². The van der Waals surface area contributed by atoms with Crippen molar-refractivity contribution < 1.29 is 9.18 Å². The van der Waals surface area contributed by atoms with Crippen molar-refractivity contribution in [2.45, 2.75) is 19.3 Å². The zero-order chi connectivity index (χ0) is 17.1. The molecule has 1 aromatic heterocycles. The Morgan fingerprint density at radius 3 is 2.54 bits per heavy atom. The second-order valence-electron chi connectivity index (χ2n) is 6.13. The molecule has 0 bridgehead atoms. The van der Waals surface area contributed by atoms with Gasteiger partial charge in [-0.05, 0) is 48.9 Å². The summed E-state index contributed by atoms with van der Waals surface area (Å²) in [7, 11) is 0. The number of nitrogens with zero attached hydrogens (tertiary/aromatic N) is 1. The smallest absolute Gasteiger partial charge is 0.266 e. The summed E-state index contributed by atoms with van der Waals surface area (Å²) in [6.45, 7) is 1.34. The summed E-state index contributed by atoms with van der Waals surface area (Å²) in [4.78, 5) is 28.0. The third-order valence-electron chi connectivity index (χ3n) is 4.44. The number of nitrogens with one attached hydrogen (secondary N) is 1. The fraction of sp³-hybridized carbons (Fsp3) is 0.333. The molecule has 0 aliphatic carbocycles. The minimum absolute atomic E-state index is 0.0204. The highest BCUT2D eigenvalue weighted by Gasteiger charge is 2.24. The van der Waals surface area contributed by atoms with E-state index in [9.17, 15) is 14.0 Å². The number of benzene rings is 1. The summed E-state index contributed by atoms with van der Waals surface area (Å²) in [5.74, 6) is 0.144. The number of carbonyl (C=O) groups excluding carboxylic acids is 1. The summed E-state index contributed by atoms with van der Waals surface area (Å²) < 4.78 is 12.9. The average molecular weight is 349 g/mol. The molecule has 0 spiro atoms. The van der Waals surface area contributed by atoms with E-state index in [2.05, 4.69) is 4.98 Å². The zero-order valence-corrected chi connectivity index (χ0v) is 13.9. The van der Waals surface area contributed by atoms with Gasteiger partial charge in [0.25, 0.3) is 11.5 Å². The maximum Gasteiger partial charge on any atom is 0.266 e. The molecule has 2 aromatic rings. The van der Waals surface area contributed by atoms with Crippen LogP contribution < -0.4 is 5.56 Å². The maximum atomic E-state index is 12.9. The van der Waals surface area contributed by atoms with Crippen LogP contribution in [0.3, 0.4) is 0 Å². The molecule has 1 fully saturated rings. The number of pyridine rings is 1. The van der Waals surface area contributed by atoms with E-state index in [1.807, 2.05) is 12.1 Å². The van der Waals surface area contributed by atoms with Crippen molar-refractivity contribution >= 4 is 17.5 Å². The third-order valence-corrected chi connectivity index (χ3v) is 4.72. The second-order valence-corrected chi connectivity index (χ2v) is 6.54. The van der Waals surface area contributed by atoms with Gasteiger partial charge in [-0.15, -0.1) is 0 Å². The van der Waals surface area contributed by atoms with E-state index in [0.29, 0.717) is 24.6 Å². The van der Waals surface area contributed by atoms with Crippen LogP contribution in [0.4, 0.5) is 4.39 Å². The first-order valence-electron chi connectivity index (χ1n) is 7.95. The lowest BCUT2D eigenvalue weighted by Crippen LogP contribution is -2.39. The molecule has 1 saturated heterocycles. The Labute approximate surface area is 144 Å². The van der Waals surface area contributed by atoms with Gasteiger partial charge in [-0.3, -0.25) is 9.59 Å². The van der Waals surface area contributed by atoms with Gasteiger partial charge in [0.15, 0.2) is 0 Å². The van der Waals surface area contributed by atoms with Crippen LogP contribution >= 0.6 is 11.6 Å². The SMILES string of the molecule is O=C(c1c[nH]c(=O)c(Cl)c1)N1CCC(Cc2ccc(F)cc2)CC1. The summed E-state index contributed by atoms with van der Waals surface area (Å²) in [6, 6.07) is 8.00. The maximum absolute atomic E-state index is 12.9. The molecule has 126 valence electrons. The van der Waals surface area contributed by atoms with Gasteiger partial charge >= 0.3 is 0 Å². The predicted molar refractivity (Wildman–Crippen MR) is 90.8 cm³/mol. The topological polar surface area (TPSA) is 53.2 Å². The van der Waals surface area contributed by atoms with Crippen molar-refractivity contribution in [3.05, 3.63) is 68.8 Å². The number of H-pyrrole nitrogens is 1. The van der Waals surface area contributed by atoms with Gasteiger partial charge in [-0.1, -0.05) is 23.7 Å². The van der Waals surface area contributed by atoms with Crippen LogP contribution in [0.2, 0.25) is 5.02 Å². The molecule has 1 N–H and O–H groups in total. The van der Waals surface area contributed by atoms with Gasteiger partial charge in [-0.2, -0.15) is 0 Å². The Balaban J connectivity index is 1.58. The Morgan fingerprint density at radius 2 is 1.92 bits per heavy atom. The first-order valence-corrected chi connectivity index (χ1v) is 8.32. The molecule has 24 heavy (non-hydrogen) atoms. The number of halogens is 2. The molecule has 2 heterocycles. The van der Waals surface area contributed by atoms with E-state index in [4.69, 9.17) is 11.6 Å². The molecule has 1 amide bonds.